The zero-order valence-electron chi connectivity index (χ0n) is 8.93. The summed E-state index contributed by atoms with van der Waals surface area (Å²) in [5.74, 6) is -0.339. The first-order valence-corrected chi connectivity index (χ1v) is 5.54. The van der Waals surface area contributed by atoms with Gasteiger partial charge in [0, 0.05) is 19.2 Å². The average molecular weight is 234 g/mol. The van der Waals surface area contributed by atoms with Crippen LogP contribution in [0.2, 0.25) is 0 Å². The quantitative estimate of drug-likeness (QED) is 0.698. The molecule has 0 aliphatic carbocycles. The molecule has 0 bridgehead atoms. The largest absolute Gasteiger partial charge is 0.274 e. The van der Waals surface area contributed by atoms with Gasteiger partial charge >= 0.3 is 0 Å². The fourth-order valence-corrected chi connectivity index (χ4v) is 2.47. The molecule has 82 valence electrons. The normalized spacial score (nSPS) is 12.0. The topological polar surface area (TPSA) is 51.4 Å². The third-order valence-electron chi connectivity index (χ3n) is 2.08. The lowest BCUT2D eigenvalue weighted by atomic mass is 10.2. The molecule has 0 saturated heterocycles. The van der Waals surface area contributed by atoms with Crippen LogP contribution in [0.25, 0.3) is 10.9 Å². The maximum Gasteiger partial charge on any atom is 0.243 e. The van der Waals surface area contributed by atoms with E-state index >= 15 is 0 Å². The van der Waals surface area contributed by atoms with Crippen molar-refractivity contribution < 1.29 is 9.59 Å². The van der Waals surface area contributed by atoms with E-state index < -0.39 is 0 Å². The van der Waals surface area contributed by atoms with E-state index in [4.69, 9.17) is 0 Å². The number of hydrogen-bond donors (Lipinski definition) is 0. The van der Waals surface area contributed by atoms with Crippen molar-refractivity contribution in [2.75, 3.05) is 0 Å². The van der Waals surface area contributed by atoms with Crippen LogP contribution in [0.5, 0.6) is 0 Å². The minimum absolute atomic E-state index is 0.0776. The van der Waals surface area contributed by atoms with Crippen molar-refractivity contribution >= 4 is 34.2 Å². The zero-order chi connectivity index (χ0) is 11.7. The molecule has 2 rings (SSSR count). The Morgan fingerprint density at radius 3 is 2.56 bits per heavy atom. The van der Waals surface area contributed by atoms with E-state index in [-0.39, 0.29) is 11.8 Å². The second-order valence-electron chi connectivity index (χ2n) is 3.36. The third kappa shape index (κ3) is 1.81. The van der Waals surface area contributed by atoms with Gasteiger partial charge in [-0.15, -0.1) is 0 Å². The molecular weight excluding hydrogens is 224 g/mol. The average Bonchev–Trinajstić information content (AvgIpc) is 2.57. The molecule has 0 saturated carbocycles. The first-order valence-electron chi connectivity index (χ1n) is 4.77. The van der Waals surface area contributed by atoms with Crippen LogP contribution in [0.1, 0.15) is 18.6 Å². The lowest BCUT2D eigenvalue weighted by Crippen LogP contribution is -2.01. The lowest BCUT2D eigenvalue weighted by Gasteiger charge is -1.94. The summed E-state index contributed by atoms with van der Waals surface area (Å²) < 4.78 is 2.12. The van der Waals surface area contributed by atoms with Crippen molar-refractivity contribution in [3.8, 4) is 0 Å². The first kappa shape index (κ1) is 10.8. The van der Waals surface area contributed by atoms with E-state index in [0.29, 0.717) is 4.67 Å². The Kier molecular flexibility index (Phi) is 2.70. The standard InChI is InChI=1S/C11H10N2O2S/c1-7(14)12-11-9-5-3-4-6-10(9)13(16-11)8(2)15/h3-6H,1-2H3. The molecule has 1 heterocycles. The second-order valence-corrected chi connectivity index (χ2v) is 4.29. The molecule has 0 atom stereocenters. The fraction of sp³-hybridized carbons (Fsp3) is 0.182. The van der Waals surface area contributed by atoms with Gasteiger partial charge in [0.05, 0.1) is 5.52 Å². The molecule has 16 heavy (non-hydrogen) atoms. The Bertz CT molecular complexity index is 637. The summed E-state index contributed by atoms with van der Waals surface area (Å²) in [5.41, 5.74) is 0.792. The van der Waals surface area contributed by atoms with Gasteiger partial charge in [0.2, 0.25) is 11.8 Å². The van der Waals surface area contributed by atoms with Crippen LogP contribution >= 0.6 is 11.5 Å². The maximum atomic E-state index is 11.4. The van der Waals surface area contributed by atoms with Crippen molar-refractivity contribution in [1.82, 2.24) is 3.96 Å². The van der Waals surface area contributed by atoms with E-state index in [1.807, 2.05) is 24.3 Å². The van der Waals surface area contributed by atoms with Crippen molar-refractivity contribution in [3.63, 3.8) is 0 Å². The molecule has 0 aliphatic heterocycles. The molecule has 0 N–H and O–H groups in total. The number of nitrogens with zero attached hydrogens (tertiary/aromatic N) is 2. The van der Waals surface area contributed by atoms with Crippen LogP contribution in [0.3, 0.4) is 0 Å². The maximum absolute atomic E-state index is 11.4. The van der Waals surface area contributed by atoms with Crippen LogP contribution in [-0.4, -0.2) is 15.8 Å². The number of rotatable bonds is 0. The molecule has 0 radical (unpaired) electrons. The van der Waals surface area contributed by atoms with Crippen LogP contribution in [0.15, 0.2) is 29.3 Å². The van der Waals surface area contributed by atoms with Crippen molar-refractivity contribution in [3.05, 3.63) is 28.9 Å². The number of para-hydroxylation sites is 1. The number of amides is 1. The Morgan fingerprint density at radius 2 is 1.94 bits per heavy atom. The number of fused-ring (bicyclic) bond motifs is 1. The molecule has 0 unspecified atom stereocenters. The van der Waals surface area contributed by atoms with Crippen LogP contribution < -0.4 is 4.67 Å². The van der Waals surface area contributed by atoms with Gasteiger partial charge in [0.25, 0.3) is 0 Å². The molecule has 0 fully saturated rings. The smallest absolute Gasteiger partial charge is 0.243 e. The van der Waals surface area contributed by atoms with Gasteiger partial charge < -0.3 is 0 Å². The van der Waals surface area contributed by atoms with E-state index in [1.54, 1.807) is 0 Å². The van der Waals surface area contributed by atoms with E-state index in [9.17, 15) is 9.59 Å². The Hall–Kier alpha value is -1.75. The molecule has 2 aromatic rings. The molecule has 1 aromatic heterocycles. The highest BCUT2D eigenvalue weighted by Crippen LogP contribution is 2.13. The minimum atomic E-state index is -0.261. The first-order chi connectivity index (χ1) is 7.59. The summed E-state index contributed by atoms with van der Waals surface area (Å²) in [4.78, 5) is 26.3. The van der Waals surface area contributed by atoms with Crippen LogP contribution in [-0.2, 0) is 4.79 Å². The zero-order valence-corrected chi connectivity index (χ0v) is 9.75. The highest BCUT2D eigenvalue weighted by molar-refractivity contribution is 7.06. The molecule has 1 aromatic carbocycles. The Labute approximate surface area is 96.0 Å². The number of aromatic nitrogens is 1. The molecule has 1 amide bonds. The monoisotopic (exact) mass is 234 g/mol. The van der Waals surface area contributed by atoms with Gasteiger partial charge in [-0.05, 0) is 23.7 Å². The predicted molar refractivity (Wildman–Crippen MR) is 62.4 cm³/mol. The van der Waals surface area contributed by atoms with Crippen molar-refractivity contribution in [2.45, 2.75) is 13.8 Å². The predicted octanol–water partition coefficient (Wildman–Crippen LogP) is 1.81. The lowest BCUT2D eigenvalue weighted by molar-refractivity contribution is -0.116. The van der Waals surface area contributed by atoms with Gasteiger partial charge in [-0.25, -0.2) is 8.95 Å². The molecule has 5 heteroatoms. The highest BCUT2D eigenvalue weighted by atomic mass is 32.1. The van der Waals surface area contributed by atoms with E-state index in [0.717, 1.165) is 10.9 Å². The highest BCUT2D eigenvalue weighted by Gasteiger charge is 2.08. The number of carbonyl (C=O) groups excluding carboxylic acids is 2. The van der Waals surface area contributed by atoms with Gasteiger partial charge in [-0.2, -0.15) is 0 Å². The Morgan fingerprint density at radius 1 is 1.25 bits per heavy atom. The fourth-order valence-electron chi connectivity index (χ4n) is 1.47. The van der Waals surface area contributed by atoms with Gasteiger partial charge in [-0.1, -0.05) is 12.1 Å². The number of benzene rings is 1. The van der Waals surface area contributed by atoms with Gasteiger partial charge in [-0.3, -0.25) is 9.59 Å². The van der Waals surface area contributed by atoms with E-state index in [2.05, 4.69) is 4.99 Å². The van der Waals surface area contributed by atoms with Gasteiger partial charge in [0.15, 0.2) is 0 Å². The summed E-state index contributed by atoms with van der Waals surface area (Å²) in [7, 11) is 0. The molecule has 0 spiro atoms. The van der Waals surface area contributed by atoms with Crippen LogP contribution in [0, 0.1) is 0 Å². The third-order valence-corrected chi connectivity index (χ3v) is 3.20. The Balaban J connectivity index is 2.87. The van der Waals surface area contributed by atoms with Crippen molar-refractivity contribution in [1.29, 1.82) is 0 Å². The van der Waals surface area contributed by atoms with Crippen molar-refractivity contribution in [2.24, 2.45) is 4.99 Å². The summed E-state index contributed by atoms with van der Waals surface area (Å²) in [6.45, 7) is 2.88. The molecule has 4 nitrogen and oxygen atoms in total. The van der Waals surface area contributed by atoms with Gasteiger partial charge in [0.1, 0.15) is 4.67 Å². The summed E-state index contributed by atoms with van der Waals surface area (Å²) in [5, 5.41) is 0.831. The summed E-state index contributed by atoms with van der Waals surface area (Å²) in [6, 6.07) is 7.41. The minimum Gasteiger partial charge on any atom is -0.274 e. The molecule has 0 aliphatic rings. The van der Waals surface area contributed by atoms with Crippen LogP contribution in [0.4, 0.5) is 0 Å². The SMILES string of the molecule is CC(=O)N=c1sn(C(C)=O)c2ccccc12. The second kappa shape index (κ2) is 4.02. The molecular formula is C11H10N2O2S. The number of hydrogen-bond acceptors (Lipinski definition) is 3. The summed E-state index contributed by atoms with van der Waals surface area (Å²) in [6.07, 6.45) is 0. The van der Waals surface area contributed by atoms with E-state index in [1.165, 1.54) is 29.3 Å². The number of carbonyl (C=O) groups is 2. The summed E-state index contributed by atoms with van der Waals surface area (Å²) >= 11 is 1.19.